The van der Waals surface area contributed by atoms with Gasteiger partial charge in [-0.3, -0.25) is 10.1 Å². The summed E-state index contributed by atoms with van der Waals surface area (Å²) in [6.07, 6.45) is 1.11. The highest BCUT2D eigenvalue weighted by Crippen LogP contribution is 2.36. The minimum absolute atomic E-state index is 0.0302. The Kier molecular flexibility index (Phi) is 6.43. The molecule has 0 bridgehead atoms. The van der Waals surface area contributed by atoms with E-state index in [1.807, 2.05) is 31.4 Å². The van der Waals surface area contributed by atoms with Crippen molar-refractivity contribution in [3.8, 4) is 0 Å². The molecule has 142 valence electrons. The van der Waals surface area contributed by atoms with Gasteiger partial charge in [0.2, 0.25) is 10.0 Å². The Hall–Kier alpha value is -1.91. The van der Waals surface area contributed by atoms with Crippen LogP contribution in [0.5, 0.6) is 0 Å². The number of sulfonamides is 1. The molecule has 0 amide bonds. The zero-order valence-corrected chi connectivity index (χ0v) is 16.7. The Morgan fingerprint density at radius 2 is 2.08 bits per heavy atom. The van der Waals surface area contributed by atoms with Crippen LogP contribution in [0.4, 0.5) is 5.69 Å². The largest absolute Gasteiger partial charge is 0.322 e. The molecule has 1 N–H and O–H groups in total. The van der Waals surface area contributed by atoms with Gasteiger partial charge >= 0.3 is 0 Å². The zero-order valence-electron chi connectivity index (χ0n) is 15.1. The fourth-order valence-corrected chi connectivity index (χ4v) is 4.09. The molecular weight excluding hydrogens is 376 g/mol. The lowest BCUT2D eigenvalue weighted by Gasteiger charge is -2.11. The van der Waals surface area contributed by atoms with E-state index in [1.165, 1.54) is 23.9 Å². The first kappa shape index (κ1) is 20.4. The summed E-state index contributed by atoms with van der Waals surface area (Å²) in [4.78, 5) is 15.9. The van der Waals surface area contributed by atoms with Gasteiger partial charge in [0, 0.05) is 23.6 Å². The molecule has 1 heterocycles. The maximum Gasteiger partial charge on any atom is 0.270 e. The quantitative estimate of drug-likeness (QED) is 0.541. The number of hydrogen-bond donors (Lipinski definition) is 1. The van der Waals surface area contributed by atoms with E-state index in [0.29, 0.717) is 12.4 Å². The van der Waals surface area contributed by atoms with Crippen LogP contribution in [0.15, 0.2) is 34.2 Å². The third-order valence-electron chi connectivity index (χ3n) is 3.62. The average molecular weight is 399 g/mol. The molecule has 0 fully saturated rings. The van der Waals surface area contributed by atoms with Crippen molar-refractivity contribution in [3.05, 3.63) is 45.9 Å². The number of non-ortho nitro benzene ring substituents is 1. The predicted octanol–water partition coefficient (Wildman–Crippen LogP) is 3.14. The van der Waals surface area contributed by atoms with Crippen molar-refractivity contribution in [2.75, 3.05) is 6.26 Å². The SMILES string of the molecule is CCn1c(CNS(C)(=O)=O)nc(C(C)C)c1Sc1cccc([N+](=O)[O-])c1. The predicted molar refractivity (Wildman–Crippen MR) is 101 cm³/mol. The highest BCUT2D eigenvalue weighted by molar-refractivity contribution is 7.99. The maximum absolute atomic E-state index is 11.4. The van der Waals surface area contributed by atoms with Gasteiger partial charge in [-0.05, 0) is 18.9 Å². The van der Waals surface area contributed by atoms with Crippen LogP contribution in [-0.4, -0.2) is 29.1 Å². The van der Waals surface area contributed by atoms with Crippen LogP contribution in [0.25, 0.3) is 0 Å². The van der Waals surface area contributed by atoms with Gasteiger partial charge in [-0.2, -0.15) is 0 Å². The normalized spacial score (nSPS) is 11.9. The van der Waals surface area contributed by atoms with Crippen molar-refractivity contribution in [2.24, 2.45) is 0 Å². The van der Waals surface area contributed by atoms with E-state index < -0.39 is 14.9 Å². The molecule has 0 radical (unpaired) electrons. The maximum atomic E-state index is 11.4. The third kappa shape index (κ3) is 5.05. The van der Waals surface area contributed by atoms with Crippen LogP contribution in [0.3, 0.4) is 0 Å². The number of nitrogens with one attached hydrogen (secondary N) is 1. The van der Waals surface area contributed by atoms with Crippen molar-refractivity contribution in [3.63, 3.8) is 0 Å². The number of rotatable bonds is 8. The van der Waals surface area contributed by atoms with Gasteiger partial charge in [-0.25, -0.2) is 18.1 Å². The van der Waals surface area contributed by atoms with Crippen LogP contribution in [0, 0.1) is 10.1 Å². The van der Waals surface area contributed by atoms with Crippen LogP contribution in [0.1, 0.15) is 38.2 Å². The molecule has 1 aromatic heterocycles. The van der Waals surface area contributed by atoms with Gasteiger partial charge in [0.1, 0.15) is 10.9 Å². The minimum atomic E-state index is -3.33. The first-order chi connectivity index (χ1) is 12.1. The molecule has 10 heteroatoms. The molecule has 8 nitrogen and oxygen atoms in total. The fraction of sp³-hybridized carbons (Fsp3) is 0.438. The van der Waals surface area contributed by atoms with Crippen LogP contribution in [0.2, 0.25) is 0 Å². The van der Waals surface area contributed by atoms with Crippen LogP contribution >= 0.6 is 11.8 Å². The fourth-order valence-electron chi connectivity index (χ4n) is 2.42. The third-order valence-corrected chi connectivity index (χ3v) is 5.41. The van der Waals surface area contributed by atoms with Crippen molar-refractivity contribution in [1.29, 1.82) is 0 Å². The molecule has 26 heavy (non-hydrogen) atoms. The Bertz CT molecular complexity index is 907. The van der Waals surface area contributed by atoms with E-state index >= 15 is 0 Å². The summed E-state index contributed by atoms with van der Waals surface area (Å²) in [7, 11) is -3.33. The summed E-state index contributed by atoms with van der Waals surface area (Å²) in [6, 6.07) is 6.43. The number of benzene rings is 1. The van der Waals surface area contributed by atoms with Gasteiger partial charge in [0.05, 0.1) is 23.4 Å². The molecular formula is C16H22N4O4S2. The van der Waals surface area contributed by atoms with E-state index in [4.69, 9.17) is 0 Å². The molecule has 0 saturated heterocycles. The average Bonchev–Trinajstić information content (AvgIpc) is 2.90. The Labute approximate surface area is 157 Å². The van der Waals surface area contributed by atoms with Crippen molar-refractivity contribution in [2.45, 2.75) is 49.7 Å². The Morgan fingerprint density at radius 3 is 2.62 bits per heavy atom. The highest BCUT2D eigenvalue weighted by atomic mass is 32.2. The second-order valence-electron chi connectivity index (χ2n) is 6.07. The summed E-state index contributed by atoms with van der Waals surface area (Å²) < 4.78 is 27.2. The van der Waals surface area contributed by atoms with E-state index in [0.717, 1.165) is 21.9 Å². The Morgan fingerprint density at radius 1 is 1.38 bits per heavy atom. The second-order valence-corrected chi connectivity index (χ2v) is 8.96. The standard InChI is InChI=1S/C16H22N4O4S2/c1-5-19-14(10-17-26(4,23)24)18-15(11(2)3)16(19)25-13-8-6-7-12(9-13)20(21)22/h6-9,11,17H,5,10H2,1-4H3. The number of aromatic nitrogens is 2. The van der Waals surface area contributed by atoms with Crippen LogP contribution < -0.4 is 4.72 Å². The first-order valence-electron chi connectivity index (χ1n) is 8.08. The van der Waals surface area contributed by atoms with Gasteiger partial charge in [-0.15, -0.1) is 0 Å². The molecule has 2 aromatic rings. The molecule has 0 saturated carbocycles. The van der Waals surface area contributed by atoms with Gasteiger partial charge in [0.15, 0.2) is 0 Å². The van der Waals surface area contributed by atoms with Crippen molar-refractivity contribution >= 4 is 27.5 Å². The summed E-state index contributed by atoms with van der Waals surface area (Å²) in [5.41, 5.74) is 0.872. The highest BCUT2D eigenvalue weighted by Gasteiger charge is 2.21. The van der Waals surface area contributed by atoms with Gasteiger partial charge < -0.3 is 4.57 Å². The monoisotopic (exact) mass is 398 g/mol. The summed E-state index contributed by atoms with van der Waals surface area (Å²) in [6.45, 7) is 6.67. The lowest BCUT2D eigenvalue weighted by molar-refractivity contribution is -0.385. The molecule has 1 aromatic carbocycles. The van der Waals surface area contributed by atoms with Crippen molar-refractivity contribution < 1.29 is 13.3 Å². The number of nitro benzene ring substituents is 1. The summed E-state index contributed by atoms with van der Waals surface area (Å²) >= 11 is 1.40. The lowest BCUT2D eigenvalue weighted by atomic mass is 10.1. The number of hydrogen-bond acceptors (Lipinski definition) is 6. The minimum Gasteiger partial charge on any atom is -0.322 e. The molecule has 0 atom stereocenters. The number of imidazole rings is 1. The number of nitro groups is 1. The second kappa shape index (κ2) is 8.19. The number of nitrogens with zero attached hydrogens (tertiary/aromatic N) is 3. The molecule has 2 rings (SSSR count). The summed E-state index contributed by atoms with van der Waals surface area (Å²) in [5.74, 6) is 0.746. The van der Waals surface area contributed by atoms with Crippen LogP contribution in [-0.2, 0) is 23.1 Å². The molecule has 0 aliphatic heterocycles. The topological polar surface area (TPSA) is 107 Å². The molecule has 0 unspecified atom stereocenters. The summed E-state index contributed by atoms with van der Waals surface area (Å²) in [5, 5.41) is 11.9. The van der Waals surface area contributed by atoms with E-state index in [-0.39, 0.29) is 18.2 Å². The van der Waals surface area contributed by atoms with E-state index in [9.17, 15) is 18.5 Å². The molecule has 0 aliphatic rings. The first-order valence-corrected chi connectivity index (χ1v) is 10.8. The lowest BCUT2D eigenvalue weighted by Crippen LogP contribution is -2.23. The Balaban J connectivity index is 2.44. The van der Waals surface area contributed by atoms with Crippen molar-refractivity contribution in [1.82, 2.24) is 14.3 Å². The smallest absolute Gasteiger partial charge is 0.270 e. The zero-order chi connectivity index (χ0) is 19.5. The van der Waals surface area contributed by atoms with Gasteiger partial charge in [0.25, 0.3) is 5.69 Å². The van der Waals surface area contributed by atoms with Gasteiger partial charge in [-0.1, -0.05) is 31.7 Å². The van der Waals surface area contributed by atoms with E-state index in [2.05, 4.69) is 9.71 Å². The molecule has 0 aliphatic carbocycles. The molecule has 0 spiro atoms. The van der Waals surface area contributed by atoms with E-state index in [1.54, 1.807) is 6.07 Å².